The van der Waals surface area contributed by atoms with E-state index in [2.05, 4.69) is 0 Å². The van der Waals surface area contributed by atoms with Gasteiger partial charge in [0.15, 0.2) is 5.75 Å². The van der Waals surface area contributed by atoms with Crippen molar-refractivity contribution in [3.8, 4) is 5.75 Å². The van der Waals surface area contributed by atoms with Gasteiger partial charge in [-0.25, -0.2) is 0 Å². The molecule has 6 heteroatoms. The van der Waals surface area contributed by atoms with E-state index in [4.69, 9.17) is 34.8 Å². The third-order valence-electron chi connectivity index (χ3n) is 1.79. The number of hydrogen-bond donors (Lipinski definition) is 1. The average molecular weight is 318 g/mol. The lowest BCUT2D eigenvalue weighted by Crippen LogP contribution is -1.87. The minimum Gasteiger partial charge on any atom is -0.505 e. The van der Waals surface area contributed by atoms with E-state index in [1.54, 1.807) is 0 Å². The van der Waals surface area contributed by atoms with Gasteiger partial charge in [-0.3, -0.25) is 0 Å². The Hall–Kier alpha value is 0.590. The number of phenolic OH excluding ortho intramolecular Hbond substituents is 1. The standard InChI is InChI=1S/C10H11Cl3OS2/c1-3-15-9-5(11)8(14)6(12)10(7(9)13)16-4-2/h14H,3-4H2,1-2H3. The van der Waals surface area contributed by atoms with E-state index in [9.17, 15) is 5.11 Å². The molecule has 0 unspecified atom stereocenters. The van der Waals surface area contributed by atoms with Crippen LogP contribution >= 0.6 is 58.3 Å². The number of thioether (sulfide) groups is 2. The van der Waals surface area contributed by atoms with Crippen molar-refractivity contribution in [2.45, 2.75) is 23.6 Å². The van der Waals surface area contributed by atoms with Crippen LogP contribution in [0.15, 0.2) is 9.79 Å². The Morgan fingerprint density at radius 2 is 1.25 bits per heavy atom. The van der Waals surface area contributed by atoms with E-state index in [0.717, 1.165) is 11.5 Å². The van der Waals surface area contributed by atoms with Crippen molar-refractivity contribution in [2.75, 3.05) is 11.5 Å². The number of benzene rings is 1. The molecule has 0 saturated carbocycles. The molecule has 0 aliphatic heterocycles. The molecule has 1 rings (SSSR count). The molecule has 0 radical (unpaired) electrons. The molecule has 0 aliphatic rings. The second kappa shape index (κ2) is 6.50. The molecule has 1 aromatic carbocycles. The fourth-order valence-electron chi connectivity index (χ4n) is 1.15. The van der Waals surface area contributed by atoms with Crippen LogP contribution in [0.2, 0.25) is 15.1 Å². The smallest absolute Gasteiger partial charge is 0.155 e. The second-order valence-corrected chi connectivity index (χ2v) is 6.50. The minimum absolute atomic E-state index is 0.0837. The Balaban J connectivity index is 3.39. The molecule has 0 heterocycles. The first-order chi connectivity index (χ1) is 7.54. The van der Waals surface area contributed by atoms with Gasteiger partial charge in [-0.15, -0.1) is 23.5 Å². The Bertz CT molecular complexity index is 363. The Morgan fingerprint density at radius 3 is 1.56 bits per heavy atom. The van der Waals surface area contributed by atoms with Gasteiger partial charge in [-0.1, -0.05) is 48.7 Å². The SMILES string of the molecule is CCSc1c(Cl)c(O)c(Cl)c(SCC)c1Cl. The van der Waals surface area contributed by atoms with E-state index < -0.39 is 0 Å². The summed E-state index contributed by atoms with van der Waals surface area (Å²) in [4.78, 5) is 1.40. The first-order valence-corrected chi connectivity index (χ1v) is 7.80. The number of phenols is 1. The fourth-order valence-corrected chi connectivity index (χ4v) is 4.06. The third kappa shape index (κ3) is 2.88. The summed E-state index contributed by atoms with van der Waals surface area (Å²) in [5, 5.41) is 10.8. The molecule has 0 bridgehead atoms. The molecule has 0 aliphatic carbocycles. The summed E-state index contributed by atoms with van der Waals surface area (Å²) in [6.45, 7) is 3.99. The van der Waals surface area contributed by atoms with Crippen molar-refractivity contribution >= 4 is 58.3 Å². The molecule has 0 saturated heterocycles. The van der Waals surface area contributed by atoms with Gasteiger partial charge >= 0.3 is 0 Å². The highest BCUT2D eigenvalue weighted by atomic mass is 35.5. The summed E-state index contributed by atoms with van der Waals surface area (Å²) < 4.78 is 0. The molecule has 1 N–H and O–H groups in total. The van der Waals surface area contributed by atoms with Crippen molar-refractivity contribution in [3.05, 3.63) is 15.1 Å². The minimum atomic E-state index is -0.0837. The molecule has 0 spiro atoms. The molecule has 0 amide bonds. The first-order valence-electron chi connectivity index (χ1n) is 4.69. The monoisotopic (exact) mass is 316 g/mol. The van der Waals surface area contributed by atoms with Crippen LogP contribution in [0.3, 0.4) is 0 Å². The molecular weight excluding hydrogens is 307 g/mol. The molecule has 0 atom stereocenters. The molecule has 0 fully saturated rings. The Morgan fingerprint density at radius 1 is 0.875 bits per heavy atom. The van der Waals surface area contributed by atoms with E-state index in [0.29, 0.717) is 14.8 Å². The summed E-state index contributed by atoms with van der Waals surface area (Å²) in [7, 11) is 0. The number of halogens is 3. The maximum Gasteiger partial charge on any atom is 0.155 e. The summed E-state index contributed by atoms with van der Waals surface area (Å²) in [5.74, 6) is 1.58. The van der Waals surface area contributed by atoms with Crippen LogP contribution in [0.5, 0.6) is 5.75 Å². The van der Waals surface area contributed by atoms with Gasteiger partial charge in [0.25, 0.3) is 0 Å². The van der Waals surface area contributed by atoms with Crippen LogP contribution in [-0.4, -0.2) is 16.6 Å². The highest BCUT2D eigenvalue weighted by molar-refractivity contribution is 8.00. The molecule has 0 aromatic heterocycles. The fraction of sp³-hybridized carbons (Fsp3) is 0.400. The second-order valence-electron chi connectivity index (χ2n) is 2.81. The van der Waals surface area contributed by atoms with E-state index in [1.807, 2.05) is 13.8 Å². The quantitative estimate of drug-likeness (QED) is 0.732. The topological polar surface area (TPSA) is 20.2 Å². The van der Waals surface area contributed by atoms with Crippen LogP contribution in [0.4, 0.5) is 0 Å². The van der Waals surface area contributed by atoms with Gasteiger partial charge < -0.3 is 5.11 Å². The van der Waals surface area contributed by atoms with Crippen molar-refractivity contribution in [1.82, 2.24) is 0 Å². The molecule has 16 heavy (non-hydrogen) atoms. The van der Waals surface area contributed by atoms with Gasteiger partial charge in [0.1, 0.15) is 0 Å². The van der Waals surface area contributed by atoms with Crippen LogP contribution in [0.1, 0.15) is 13.8 Å². The lowest BCUT2D eigenvalue weighted by atomic mass is 10.3. The highest BCUT2D eigenvalue weighted by Gasteiger charge is 2.20. The van der Waals surface area contributed by atoms with E-state index in [-0.39, 0.29) is 15.8 Å². The Labute approximate surface area is 119 Å². The van der Waals surface area contributed by atoms with Crippen molar-refractivity contribution in [2.24, 2.45) is 0 Å². The van der Waals surface area contributed by atoms with Gasteiger partial charge in [-0.2, -0.15) is 0 Å². The van der Waals surface area contributed by atoms with Crippen molar-refractivity contribution < 1.29 is 5.11 Å². The largest absolute Gasteiger partial charge is 0.505 e. The molecule has 1 aromatic rings. The highest BCUT2D eigenvalue weighted by Crippen LogP contribution is 2.50. The maximum atomic E-state index is 9.80. The molecule has 90 valence electrons. The lowest BCUT2D eigenvalue weighted by Gasteiger charge is -2.13. The first kappa shape index (κ1) is 14.7. The lowest BCUT2D eigenvalue weighted by molar-refractivity contribution is 0.473. The van der Waals surface area contributed by atoms with Crippen molar-refractivity contribution in [3.63, 3.8) is 0 Å². The summed E-state index contributed by atoms with van der Waals surface area (Å²) >= 11 is 21.2. The van der Waals surface area contributed by atoms with Gasteiger partial charge in [0, 0.05) is 9.79 Å². The van der Waals surface area contributed by atoms with Crippen LogP contribution < -0.4 is 0 Å². The zero-order chi connectivity index (χ0) is 12.3. The van der Waals surface area contributed by atoms with Crippen LogP contribution in [0, 0.1) is 0 Å². The number of hydrogen-bond acceptors (Lipinski definition) is 3. The number of rotatable bonds is 4. The summed E-state index contributed by atoms with van der Waals surface area (Å²) in [6, 6.07) is 0. The predicted octanol–water partition coefficient (Wildman–Crippen LogP) is 5.58. The van der Waals surface area contributed by atoms with Gasteiger partial charge in [0.2, 0.25) is 0 Å². The van der Waals surface area contributed by atoms with E-state index in [1.165, 1.54) is 23.5 Å². The van der Waals surface area contributed by atoms with Crippen LogP contribution in [-0.2, 0) is 0 Å². The summed E-state index contributed by atoms with van der Waals surface area (Å²) in [5.41, 5.74) is 0. The summed E-state index contributed by atoms with van der Waals surface area (Å²) in [6.07, 6.45) is 0. The third-order valence-corrected chi connectivity index (χ3v) is 5.32. The van der Waals surface area contributed by atoms with Gasteiger partial charge in [0.05, 0.1) is 15.1 Å². The van der Waals surface area contributed by atoms with Crippen molar-refractivity contribution in [1.29, 1.82) is 0 Å². The zero-order valence-corrected chi connectivity index (χ0v) is 12.7. The molecule has 1 nitrogen and oxygen atoms in total. The number of aromatic hydroxyl groups is 1. The normalized spacial score (nSPS) is 10.8. The van der Waals surface area contributed by atoms with E-state index >= 15 is 0 Å². The van der Waals surface area contributed by atoms with Crippen LogP contribution in [0.25, 0.3) is 0 Å². The Kier molecular flexibility index (Phi) is 5.95. The molecular formula is C10H11Cl3OS2. The predicted molar refractivity (Wildman–Crippen MR) is 75.9 cm³/mol. The maximum absolute atomic E-state index is 9.80. The zero-order valence-electron chi connectivity index (χ0n) is 8.81. The average Bonchev–Trinajstić information content (AvgIpc) is 2.28. The van der Waals surface area contributed by atoms with Gasteiger partial charge in [-0.05, 0) is 11.5 Å².